The van der Waals surface area contributed by atoms with Crippen LogP contribution in [-0.4, -0.2) is 56.4 Å². The van der Waals surface area contributed by atoms with E-state index in [9.17, 15) is 4.79 Å². The van der Waals surface area contributed by atoms with Crippen molar-refractivity contribution in [1.82, 2.24) is 4.90 Å². The van der Waals surface area contributed by atoms with Crippen LogP contribution in [-0.2, 0) is 16.0 Å². The number of ether oxygens (including phenoxy) is 2. The van der Waals surface area contributed by atoms with Crippen molar-refractivity contribution in [1.29, 1.82) is 0 Å². The topological polar surface area (TPSA) is 42.0 Å². The second-order valence-electron chi connectivity index (χ2n) is 7.75. The van der Waals surface area contributed by atoms with Gasteiger partial charge < -0.3 is 14.4 Å². The Hall–Kier alpha value is -2.37. The quantitative estimate of drug-likeness (QED) is 0.761. The summed E-state index contributed by atoms with van der Waals surface area (Å²) in [7, 11) is 1.41. The third-order valence-electron chi connectivity index (χ3n) is 5.90. The molecule has 148 valence electrons. The summed E-state index contributed by atoms with van der Waals surface area (Å²) in [5, 5.41) is 0. The summed E-state index contributed by atoms with van der Waals surface area (Å²) in [6.07, 6.45) is 2.05. The highest BCUT2D eigenvalue weighted by atomic mass is 16.5. The van der Waals surface area contributed by atoms with Crippen molar-refractivity contribution >= 4 is 11.7 Å². The zero-order valence-electron chi connectivity index (χ0n) is 16.5. The average molecular weight is 380 g/mol. The number of carbonyl (C=O) groups excluding carboxylic acids is 1. The zero-order chi connectivity index (χ0) is 19.4. The lowest BCUT2D eigenvalue weighted by Gasteiger charge is -2.48. The number of methoxy groups -OCH3 is 1. The van der Waals surface area contributed by atoms with E-state index in [1.807, 2.05) is 24.3 Å². The lowest BCUT2D eigenvalue weighted by atomic mass is 9.89. The van der Waals surface area contributed by atoms with E-state index in [-0.39, 0.29) is 11.6 Å². The Morgan fingerprint density at radius 2 is 1.75 bits per heavy atom. The number of piperidine rings is 1. The molecule has 4 rings (SSSR count). The van der Waals surface area contributed by atoms with Gasteiger partial charge in [0.1, 0.15) is 0 Å². The number of anilines is 1. The van der Waals surface area contributed by atoms with Crippen LogP contribution in [0.5, 0.6) is 0 Å². The first-order valence-electron chi connectivity index (χ1n) is 10.0. The van der Waals surface area contributed by atoms with Crippen molar-refractivity contribution in [3.8, 4) is 0 Å². The molecule has 0 aromatic heterocycles. The first kappa shape index (κ1) is 19.0. The van der Waals surface area contributed by atoms with Crippen LogP contribution in [0.2, 0.25) is 0 Å². The van der Waals surface area contributed by atoms with Crippen LogP contribution in [0.25, 0.3) is 0 Å². The van der Waals surface area contributed by atoms with Crippen LogP contribution in [0.3, 0.4) is 0 Å². The second kappa shape index (κ2) is 8.33. The average Bonchev–Trinajstić information content (AvgIpc) is 2.75. The van der Waals surface area contributed by atoms with E-state index in [1.165, 1.54) is 12.7 Å². The van der Waals surface area contributed by atoms with E-state index < -0.39 is 0 Å². The SMILES string of the molecule is COC(=O)c1ccc(N2CCC3(CC2)CN(Cc2ccccc2)CCO3)cc1. The smallest absolute Gasteiger partial charge is 0.337 e. The van der Waals surface area contributed by atoms with Crippen molar-refractivity contribution in [2.24, 2.45) is 0 Å². The van der Waals surface area contributed by atoms with Gasteiger partial charge in [0, 0.05) is 38.4 Å². The lowest BCUT2D eigenvalue weighted by molar-refractivity contribution is -0.122. The maximum absolute atomic E-state index is 11.6. The molecule has 2 heterocycles. The Kier molecular flexibility index (Phi) is 5.64. The molecular weight excluding hydrogens is 352 g/mol. The van der Waals surface area contributed by atoms with Gasteiger partial charge in [-0.1, -0.05) is 30.3 Å². The Balaban J connectivity index is 1.35. The molecule has 5 nitrogen and oxygen atoms in total. The molecule has 28 heavy (non-hydrogen) atoms. The third kappa shape index (κ3) is 4.21. The summed E-state index contributed by atoms with van der Waals surface area (Å²) in [5.41, 5.74) is 3.07. The van der Waals surface area contributed by atoms with Gasteiger partial charge >= 0.3 is 5.97 Å². The van der Waals surface area contributed by atoms with Gasteiger partial charge in [-0.25, -0.2) is 4.79 Å². The molecule has 2 saturated heterocycles. The summed E-state index contributed by atoms with van der Waals surface area (Å²) in [6, 6.07) is 18.4. The highest BCUT2D eigenvalue weighted by Gasteiger charge is 2.39. The maximum Gasteiger partial charge on any atom is 0.337 e. The monoisotopic (exact) mass is 380 g/mol. The minimum absolute atomic E-state index is 0.0323. The normalized spacial score (nSPS) is 19.5. The van der Waals surface area contributed by atoms with Crippen molar-refractivity contribution in [2.45, 2.75) is 25.0 Å². The molecule has 0 amide bonds. The minimum atomic E-state index is -0.293. The van der Waals surface area contributed by atoms with Gasteiger partial charge in [-0.3, -0.25) is 4.90 Å². The molecule has 2 aliphatic heterocycles. The number of morpholine rings is 1. The van der Waals surface area contributed by atoms with Crippen LogP contribution in [0.4, 0.5) is 5.69 Å². The van der Waals surface area contributed by atoms with E-state index in [1.54, 1.807) is 0 Å². The Morgan fingerprint density at radius 1 is 1.04 bits per heavy atom. The molecule has 0 aliphatic carbocycles. The number of esters is 1. The molecular formula is C23H28N2O3. The van der Waals surface area contributed by atoms with E-state index in [0.717, 1.165) is 57.9 Å². The number of hydrogen-bond donors (Lipinski definition) is 0. The number of benzene rings is 2. The van der Waals surface area contributed by atoms with Gasteiger partial charge in [0.2, 0.25) is 0 Å². The lowest BCUT2D eigenvalue weighted by Crippen LogP contribution is -2.56. The minimum Gasteiger partial charge on any atom is -0.465 e. The number of rotatable bonds is 4. The molecule has 0 unspecified atom stereocenters. The Labute approximate surface area is 166 Å². The van der Waals surface area contributed by atoms with Gasteiger partial charge in [-0.05, 0) is 42.7 Å². The number of nitrogens with zero attached hydrogens (tertiary/aromatic N) is 2. The number of hydrogen-bond acceptors (Lipinski definition) is 5. The van der Waals surface area contributed by atoms with Crippen LogP contribution >= 0.6 is 0 Å². The van der Waals surface area contributed by atoms with Crippen LogP contribution < -0.4 is 4.90 Å². The summed E-state index contributed by atoms with van der Waals surface area (Å²) >= 11 is 0. The third-order valence-corrected chi connectivity index (χ3v) is 5.90. The number of carbonyl (C=O) groups is 1. The molecule has 0 saturated carbocycles. The molecule has 2 fully saturated rings. The fourth-order valence-corrected chi connectivity index (χ4v) is 4.30. The van der Waals surface area contributed by atoms with Crippen LogP contribution in [0.15, 0.2) is 54.6 Å². The highest BCUT2D eigenvalue weighted by molar-refractivity contribution is 5.89. The fourth-order valence-electron chi connectivity index (χ4n) is 4.30. The molecule has 2 aromatic carbocycles. The van der Waals surface area contributed by atoms with Gasteiger partial charge in [0.05, 0.1) is 24.9 Å². The molecule has 2 aromatic rings. The zero-order valence-corrected chi connectivity index (χ0v) is 16.5. The van der Waals surface area contributed by atoms with Gasteiger partial charge in [0.15, 0.2) is 0 Å². The summed E-state index contributed by atoms with van der Waals surface area (Å²) < 4.78 is 11.1. The van der Waals surface area contributed by atoms with E-state index in [4.69, 9.17) is 9.47 Å². The first-order valence-corrected chi connectivity index (χ1v) is 10.0. The van der Waals surface area contributed by atoms with Crippen molar-refractivity contribution in [3.63, 3.8) is 0 Å². The van der Waals surface area contributed by atoms with Crippen molar-refractivity contribution < 1.29 is 14.3 Å². The maximum atomic E-state index is 11.6. The predicted octanol–water partition coefficient (Wildman–Crippen LogP) is 3.34. The molecule has 1 spiro atoms. The van der Waals surface area contributed by atoms with E-state index in [2.05, 4.69) is 40.1 Å². The molecule has 0 atom stereocenters. The first-order chi connectivity index (χ1) is 13.7. The molecule has 0 radical (unpaired) electrons. The highest BCUT2D eigenvalue weighted by Crippen LogP contribution is 2.32. The summed E-state index contributed by atoms with van der Waals surface area (Å²) in [6.45, 7) is 5.73. The van der Waals surface area contributed by atoms with Crippen molar-refractivity contribution in [3.05, 3.63) is 65.7 Å². The van der Waals surface area contributed by atoms with Crippen molar-refractivity contribution in [2.75, 3.05) is 44.8 Å². The second-order valence-corrected chi connectivity index (χ2v) is 7.75. The fraction of sp³-hybridized carbons (Fsp3) is 0.435. The molecule has 5 heteroatoms. The van der Waals surface area contributed by atoms with E-state index >= 15 is 0 Å². The summed E-state index contributed by atoms with van der Waals surface area (Å²) in [4.78, 5) is 16.5. The van der Waals surface area contributed by atoms with Gasteiger partial charge in [-0.2, -0.15) is 0 Å². The predicted molar refractivity (Wildman–Crippen MR) is 110 cm³/mol. The standard InChI is InChI=1S/C23H28N2O3/c1-27-22(26)20-7-9-21(10-8-20)25-13-11-23(12-14-25)18-24(15-16-28-23)17-19-5-3-2-4-6-19/h2-10H,11-18H2,1H3. The molecule has 2 aliphatic rings. The molecule has 0 bridgehead atoms. The Bertz CT molecular complexity index is 783. The molecule has 0 N–H and O–H groups in total. The Morgan fingerprint density at radius 3 is 2.43 bits per heavy atom. The van der Waals surface area contributed by atoms with Gasteiger partial charge in [-0.15, -0.1) is 0 Å². The van der Waals surface area contributed by atoms with E-state index in [0.29, 0.717) is 5.56 Å². The van der Waals surface area contributed by atoms with Gasteiger partial charge in [0.25, 0.3) is 0 Å². The largest absolute Gasteiger partial charge is 0.465 e. The van der Waals surface area contributed by atoms with Crippen LogP contribution in [0.1, 0.15) is 28.8 Å². The summed E-state index contributed by atoms with van der Waals surface area (Å²) in [5.74, 6) is -0.293. The van der Waals surface area contributed by atoms with Crippen LogP contribution in [0, 0.1) is 0 Å².